The van der Waals surface area contributed by atoms with E-state index < -0.39 is 8.07 Å². The molecule has 30 heavy (non-hydrogen) atoms. The molecule has 0 aliphatic heterocycles. The maximum Gasteiger partial charge on any atom is 0.159 e. The van der Waals surface area contributed by atoms with Crippen LogP contribution in [0.25, 0.3) is 0 Å². The summed E-state index contributed by atoms with van der Waals surface area (Å²) in [6, 6.07) is 29.8. The average molecular weight is 409 g/mol. The molecule has 3 aromatic carbocycles. The lowest BCUT2D eigenvalue weighted by atomic mass is 10.1. The van der Waals surface area contributed by atoms with Gasteiger partial charge in [0.05, 0.1) is 0 Å². The van der Waals surface area contributed by atoms with Crippen LogP contribution < -0.4 is 15.6 Å². The normalized spacial score (nSPS) is 15.3. The van der Waals surface area contributed by atoms with E-state index in [-0.39, 0.29) is 0 Å². The van der Waals surface area contributed by atoms with Crippen molar-refractivity contribution < 1.29 is 0 Å². The molecular weight excluding hydrogens is 376 g/mol. The van der Waals surface area contributed by atoms with Crippen LogP contribution in [0.4, 0.5) is 0 Å². The molecule has 1 aliphatic rings. The smallest absolute Gasteiger partial charge is 0.0647 e. The van der Waals surface area contributed by atoms with Gasteiger partial charge in [0.25, 0.3) is 0 Å². The fraction of sp³-hybridized carbons (Fsp3) is 0.241. The van der Waals surface area contributed by atoms with Crippen molar-refractivity contribution in [3.8, 4) is 0 Å². The molecule has 1 heteroatoms. The summed E-state index contributed by atoms with van der Waals surface area (Å²) in [4.78, 5) is 0. The molecule has 0 radical (unpaired) electrons. The van der Waals surface area contributed by atoms with Crippen molar-refractivity contribution in [2.45, 2.75) is 47.1 Å². The van der Waals surface area contributed by atoms with Gasteiger partial charge >= 0.3 is 0 Å². The van der Waals surface area contributed by atoms with Crippen molar-refractivity contribution in [1.29, 1.82) is 0 Å². The van der Waals surface area contributed by atoms with E-state index in [2.05, 4.69) is 120 Å². The summed E-state index contributed by atoms with van der Waals surface area (Å²) in [5.74, 6) is 0. The van der Waals surface area contributed by atoms with E-state index in [0.717, 1.165) is 0 Å². The van der Waals surface area contributed by atoms with Crippen LogP contribution in [0.1, 0.15) is 38.8 Å². The first kappa shape index (κ1) is 20.6. The van der Waals surface area contributed by atoms with E-state index in [1.165, 1.54) is 37.8 Å². The highest BCUT2D eigenvalue weighted by atomic mass is 28.3. The van der Waals surface area contributed by atoms with Gasteiger partial charge in [-0.05, 0) is 68.2 Å². The molecule has 0 aromatic heterocycles. The van der Waals surface area contributed by atoms with E-state index >= 15 is 0 Å². The Morgan fingerprint density at radius 2 is 1.03 bits per heavy atom. The van der Waals surface area contributed by atoms with Crippen LogP contribution in [0, 0.1) is 13.8 Å². The van der Waals surface area contributed by atoms with Gasteiger partial charge in [0, 0.05) is 5.54 Å². The summed E-state index contributed by atoms with van der Waals surface area (Å²) in [5, 5.41) is 4.53. The van der Waals surface area contributed by atoms with Gasteiger partial charge in [0.15, 0.2) is 8.07 Å². The highest BCUT2D eigenvalue weighted by molar-refractivity contribution is 7.13. The van der Waals surface area contributed by atoms with Crippen molar-refractivity contribution in [3.05, 3.63) is 112 Å². The average Bonchev–Trinajstić information content (AvgIpc) is 2.95. The molecule has 0 atom stereocenters. The minimum absolute atomic E-state index is 0.434. The third kappa shape index (κ3) is 3.04. The maximum atomic E-state index is 2.43. The van der Waals surface area contributed by atoms with E-state index in [9.17, 15) is 0 Å². The lowest BCUT2D eigenvalue weighted by Crippen LogP contribution is -2.70. The summed E-state index contributed by atoms with van der Waals surface area (Å²) in [6.07, 6.45) is 0. The summed E-state index contributed by atoms with van der Waals surface area (Å²) in [6.45, 7) is 13.9. The minimum atomic E-state index is -2.38. The second-order valence-electron chi connectivity index (χ2n) is 8.91. The van der Waals surface area contributed by atoms with Crippen LogP contribution in [0.5, 0.6) is 0 Å². The second kappa shape index (κ2) is 7.89. The van der Waals surface area contributed by atoms with Crippen molar-refractivity contribution in [2.75, 3.05) is 0 Å². The van der Waals surface area contributed by atoms with Gasteiger partial charge in [0.2, 0.25) is 0 Å². The topological polar surface area (TPSA) is 0 Å². The van der Waals surface area contributed by atoms with E-state index in [1.807, 2.05) is 0 Å². The monoisotopic (exact) mass is 408 g/mol. The molecule has 1 aliphatic carbocycles. The summed E-state index contributed by atoms with van der Waals surface area (Å²) in [5.41, 5.74) is 9.23. The summed E-state index contributed by atoms with van der Waals surface area (Å²) in [7, 11) is -2.38. The Balaban J connectivity index is 2.19. The fourth-order valence-corrected chi connectivity index (χ4v) is 11.8. The van der Waals surface area contributed by atoms with Crippen molar-refractivity contribution >= 4 is 23.6 Å². The lowest BCUT2D eigenvalue weighted by molar-refractivity contribution is 1.09. The Hall–Kier alpha value is -2.64. The van der Waals surface area contributed by atoms with Crippen LogP contribution in [-0.4, -0.2) is 8.07 Å². The van der Waals surface area contributed by atoms with Crippen molar-refractivity contribution in [1.82, 2.24) is 0 Å². The zero-order valence-electron chi connectivity index (χ0n) is 19.1. The summed E-state index contributed by atoms with van der Waals surface area (Å²) < 4.78 is 0. The predicted octanol–water partition coefficient (Wildman–Crippen LogP) is 5.83. The number of rotatable bonds is 4. The van der Waals surface area contributed by atoms with Crippen LogP contribution >= 0.6 is 0 Å². The SMILES string of the molecule is CC1=C(C)C([Si](c2ccccc2)(c2ccccc2)c2ccc(C)cc2C)C(C)=C1C. The van der Waals surface area contributed by atoms with Crippen LogP contribution in [-0.2, 0) is 0 Å². The van der Waals surface area contributed by atoms with Gasteiger partial charge in [-0.25, -0.2) is 0 Å². The van der Waals surface area contributed by atoms with Crippen LogP contribution in [0.15, 0.2) is 101 Å². The molecule has 0 bridgehead atoms. The Morgan fingerprint density at radius 3 is 1.47 bits per heavy atom. The van der Waals surface area contributed by atoms with Gasteiger partial charge in [-0.1, -0.05) is 101 Å². The number of benzene rings is 3. The maximum absolute atomic E-state index is 2.43. The molecule has 0 fully saturated rings. The highest BCUT2D eigenvalue weighted by Gasteiger charge is 2.50. The van der Waals surface area contributed by atoms with Crippen LogP contribution in [0.2, 0.25) is 5.54 Å². The quantitative estimate of drug-likeness (QED) is 0.376. The molecule has 0 spiro atoms. The second-order valence-corrected chi connectivity index (χ2v) is 12.8. The first-order valence-electron chi connectivity index (χ1n) is 10.9. The molecule has 0 amide bonds. The Labute approximate surface area is 183 Å². The van der Waals surface area contributed by atoms with Gasteiger partial charge in [0.1, 0.15) is 0 Å². The molecule has 152 valence electrons. The zero-order valence-corrected chi connectivity index (χ0v) is 20.1. The Bertz CT molecular complexity index is 1070. The van der Waals surface area contributed by atoms with Crippen LogP contribution in [0.3, 0.4) is 0 Å². The summed E-state index contributed by atoms with van der Waals surface area (Å²) >= 11 is 0. The van der Waals surface area contributed by atoms with E-state index in [1.54, 1.807) is 11.1 Å². The molecule has 0 heterocycles. The first-order chi connectivity index (χ1) is 14.4. The lowest BCUT2D eigenvalue weighted by Gasteiger charge is -2.42. The number of allylic oxidation sites excluding steroid dienone is 4. The molecule has 0 saturated carbocycles. The van der Waals surface area contributed by atoms with Gasteiger partial charge in [-0.15, -0.1) is 0 Å². The Kier molecular flexibility index (Phi) is 5.42. The standard InChI is InChI=1S/C29H32Si/c1-20-17-18-28(21(2)19-20)30(26-13-9-7-10-14-26,27-15-11-8-12-16-27)29-24(5)22(3)23(4)25(29)6/h7-19,29H,1-6H3. The zero-order chi connectivity index (χ0) is 21.5. The largest absolute Gasteiger partial charge is 0.159 e. The van der Waals surface area contributed by atoms with E-state index in [0.29, 0.717) is 5.54 Å². The molecule has 0 unspecified atom stereocenters. The first-order valence-corrected chi connectivity index (χ1v) is 13.0. The highest BCUT2D eigenvalue weighted by Crippen LogP contribution is 2.46. The van der Waals surface area contributed by atoms with E-state index in [4.69, 9.17) is 0 Å². The van der Waals surface area contributed by atoms with Gasteiger partial charge in [-0.2, -0.15) is 0 Å². The van der Waals surface area contributed by atoms with Crippen molar-refractivity contribution in [3.63, 3.8) is 0 Å². The predicted molar refractivity (Wildman–Crippen MR) is 134 cm³/mol. The molecule has 0 saturated heterocycles. The number of hydrogen-bond donors (Lipinski definition) is 0. The third-order valence-electron chi connectivity index (χ3n) is 7.31. The molecular formula is C29H32Si. The molecule has 0 N–H and O–H groups in total. The minimum Gasteiger partial charge on any atom is -0.0647 e. The van der Waals surface area contributed by atoms with Gasteiger partial charge in [-0.3, -0.25) is 0 Å². The number of hydrogen-bond acceptors (Lipinski definition) is 0. The molecule has 3 aromatic rings. The molecule has 4 rings (SSSR count). The third-order valence-corrected chi connectivity index (χ3v) is 12.9. The van der Waals surface area contributed by atoms with Crippen molar-refractivity contribution in [2.24, 2.45) is 0 Å². The number of aryl methyl sites for hydroxylation is 2. The molecule has 0 nitrogen and oxygen atoms in total. The van der Waals surface area contributed by atoms with Gasteiger partial charge < -0.3 is 0 Å². The Morgan fingerprint density at radius 1 is 0.567 bits per heavy atom. The fourth-order valence-electron chi connectivity index (χ4n) is 5.62.